The Balaban J connectivity index is 1.70. The van der Waals surface area contributed by atoms with Gasteiger partial charge in [-0.3, -0.25) is 4.57 Å². The van der Waals surface area contributed by atoms with Crippen molar-refractivity contribution in [1.29, 1.82) is 0 Å². The van der Waals surface area contributed by atoms with Crippen LogP contribution in [-0.4, -0.2) is 39.8 Å². The third-order valence-corrected chi connectivity index (χ3v) is 5.63. The first-order chi connectivity index (χ1) is 13.8. The van der Waals surface area contributed by atoms with Crippen molar-refractivity contribution in [2.24, 2.45) is 0 Å². The fraction of sp³-hybridized carbons (Fsp3) is 0.333. The van der Waals surface area contributed by atoms with Crippen LogP contribution < -0.4 is 4.74 Å². The van der Waals surface area contributed by atoms with Crippen LogP contribution >= 0.6 is 11.8 Å². The average Bonchev–Trinajstić information content (AvgIpc) is 3.37. The Kier molecular flexibility index (Phi) is 5.92. The van der Waals surface area contributed by atoms with Gasteiger partial charge in [-0.15, -0.1) is 10.2 Å². The highest BCUT2D eigenvalue weighted by Gasteiger charge is 2.21. The third kappa shape index (κ3) is 4.05. The number of benzene rings is 2. The standard InChI is InChI=1S/C21H22FN3O2S/c1-2-26-16-11-9-15(10-12-16)20-23-24-21(28-14-17-6-5-13-27-17)25(20)19-8-4-3-7-18(19)22/h3-4,7-12,17H,2,5-6,13-14H2,1H3. The van der Waals surface area contributed by atoms with Crippen molar-refractivity contribution in [2.75, 3.05) is 19.0 Å². The maximum atomic E-state index is 14.6. The van der Waals surface area contributed by atoms with E-state index >= 15 is 0 Å². The van der Waals surface area contributed by atoms with E-state index in [4.69, 9.17) is 9.47 Å². The summed E-state index contributed by atoms with van der Waals surface area (Å²) < 4.78 is 27.6. The molecule has 0 saturated carbocycles. The van der Waals surface area contributed by atoms with Crippen molar-refractivity contribution in [3.63, 3.8) is 0 Å². The lowest BCUT2D eigenvalue weighted by molar-refractivity contribution is 0.129. The van der Waals surface area contributed by atoms with Crippen LogP contribution in [0.25, 0.3) is 17.1 Å². The molecule has 28 heavy (non-hydrogen) atoms. The summed E-state index contributed by atoms with van der Waals surface area (Å²) in [6, 6.07) is 14.3. The highest BCUT2D eigenvalue weighted by atomic mass is 32.2. The van der Waals surface area contributed by atoms with Gasteiger partial charge in [-0.25, -0.2) is 4.39 Å². The predicted octanol–water partition coefficient (Wildman–Crippen LogP) is 4.74. The van der Waals surface area contributed by atoms with Gasteiger partial charge in [-0.1, -0.05) is 23.9 Å². The Hall–Kier alpha value is -2.38. The monoisotopic (exact) mass is 399 g/mol. The fourth-order valence-electron chi connectivity index (χ4n) is 3.21. The molecule has 3 aromatic rings. The molecule has 1 aliphatic heterocycles. The minimum Gasteiger partial charge on any atom is -0.494 e. The molecule has 1 aromatic heterocycles. The second kappa shape index (κ2) is 8.75. The minimum atomic E-state index is -0.312. The molecule has 0 bridgehead atoms. The van der Waals surface area contributed by atoms with Gasteiger partial charge in [0.25, 0.3) is 0 Å². The number of hydrogen-bond acceptors (Lipinski definition) is 5. The zero-order chi connectivity index (χ0) is 19.3. The van der Waals surface area contributed by atoms with Crippen LogP contribution in [-0.2, 0) is 4.74 Å². The van der Waals surface area contributed by atoms with Crippen LogP contribution in [0.1, 0.15) is 19.8 Å². The normalized spacial score (nSPS) is 16.4. The molecule has 1 aliphatic rings. The second-order valence-electron chi connectivity index (χ2n) is 6.50. The molecule has 2 heterocycles. The van der Waals surface area contributed by atoms with Crippen molar-refractivity contribution >= 4 is 11.8 Å². The zero-order valence-corrected chi connectivity index (χ0v) is 16.5. The Morgan fingerprint density at radius 1 is 1.18 bits per heavy atom. The van der Waals surface area contributed by atoms with Crippen LogP contribution in [0.2, 0.25) is 0 Å². The van der Waals surface area contributed by atoms with E-state index in [1.807, 2.05) is 37.3 Å². The first-order valence-corrected chi connectivity index (χ1v) is 10.4. The summed E-state index contributed by atoms with van der Waals surface area (Å²) in [4.78, 5) is 0. The minimum absolute atomic E-state index is 0.213. The molecule has 1 fully saturated rings. The van der Waals surface area contributed by atoms with Crippen molar-refractivity contribution in [1.82, 2.24) is 14.8 Å². The highest BCUT2D eigenvalue weighted by molar-refractivity contribution is 7.99. The largest absolute Gasteiger partial charge is 0.494 e. The molecular formula is C21H22FN3O2S. The summed E-state index contributed by atoms with van der Waals surface area (Å²) in [5.74, 6) is 1.85. The molecule has 7 heteroatoms. The lowest BCUT2D eigenvalue weighted by atomic mass is 10.2. The van der Waals surface area contributed by atoms with Gasteiger partial charge in [-0.2, -0.15) is 0 Å². The van der Waals surface area contributed by atoms with E-state index in [2.05, 4.69) is 10.2 Å². The van der Waals surface area contributed by atoms with E-state index in [9.17, 15) is 4.39 Å². The van der Waals surface area contributed by atoms with E-state index < -0.39 is 0 Å². The number of para-hydroxylation sites is 1. The number of ether oxygens (including phenoxy) is 2. The summed E-state index contributed by atoms with van der Waals surface area (Å²) in [5.41, 5.74) is 1.29. The Morgan fingerprint density at radius 2 is 2.00 bits per heavy atom. The number of thioether (sulfide) groups is 1. The average molecular weight is 399 g/mol. The molecular weight excluding hydrogens is 377 g/mol. The smallest absolute Gasteiger partial charge is 0.196 e. The lowest BCUT2D eigenvalue weighted by Gasteiger charge is -2.13. The Bertz CT molecular complexity index is 924. The first kappa shape index (κ1) is 19.0. The summed E-state index contributed by atoms with van der Waals surface area (Å²) in [6.07, 6.45) is 2.35. The Morgan fingerprint density at radius 3 is 2.71 bits per heavy atom. The van der Waals surface area contributed by atoms with Crippen molar-refractivity contribution in [3.05, 3.63) is 54.3 Å². The summed E-state index contributed by atoms with van der Waals surface area (Å²) >= 11 is 1.55. The molecule has 0 aliphatic carbocycles. The van der Waals surface area contributed by atoms with Crippen LogP contribution in [0.5, 0.6) is 5.75 Å². The van der Waals surface area contributed by atoms with Crippen LogP contribution in [0.4, 0.5) is 4.39 Å². The van der Waals surface area contributed by atoms with Gasteiger partial charge >= 0.3 is 0 Å². The van der Waals surface area contributed by atoms with Crippen molar-refractivity contribution in [2.45, 2.75) is 31.0 Å². The van der Waals surface area contributed by atoms with E-state index in [1.165, 1.54) is 6.07 Å². The van der Waals surface area contributed by atoms with E-state index in [1.54, 1.807) is 28.5 Å². The number of rotatable bonds is 7. The molecule has 0 spiro atoms. The Labute approximate surface area is 167 Å². The SMILES string of the molecule is CCOc1ccc(-c2nnc(SCC3CCCO3)n2-c2ccccc2F)cc1. The van der Waals surface area contributed by atoms with Gasteiger partial charge in [0.1, 0.15) is 11.6 Å². The highest BCUT2D eigenvalue weighted by Crippen LogP contribution is 2.31. The van der Waals surface area contributed by atoms with Crippen LogP contribution in [0.3, 0.4) is 0 Å². The fourth-order valence-corrected chi connectivity index (χ4v) is 4.22. The number of hydrogen-bond donors (Lipinski definition) is 0. The maximum Gasteiger partial charge on any atom is 0.196 e. The number of aromatic nitrogens is 3. The van der Waals surface area contributed by atoms with E-state index in [0.717, 1.165) is 36.5 Å². The van der Waals surface area contributed by atoms with Gasteiger partial charge in [0, 0.05) is 17.9 Å². The third-order valence-electron chi connectivity index (χ3n) is 4.57. The molecule has 0 N–H and O–H groups in total. The zero-order valence-electron chi connectivity index (χ0n) is 15.7. The van der Waals surface area contributed by atoms with Gasteiger partial charge < -0.3 is 9.47 Å². The van der Waals surface area contributed by atoms with Gasteiger partial charge in [-0.05, 0) is 56.2 Å². The molecule has 0 amide bonds. The molecule has 1 unspecified atom stereocenters. The van der Waals surface area contributed by atoms with Crippen molar-refractivity contribution in [3.8, 4) is 22.8 Å². The molecule has 5 nitrogen and oxygen atoms in total. The van der Waals surface area contributed by atoms with Crippen molar-refractivity contribution < 1.29 is 13.9 Å². The molecule has 0 radical (unpaired) electrons. The number of nitrogens with zero attached hydrogens (tertiary/aromatic N) is 3. The number of halogens is 1. The predicted molar refractivity (Wildman–Crippen MR) is 108 cm³/mol. The van der Waals surface area contributed by atoms with Gasteiger partial charge in [0.15, 0.2) is 11.0 Å². The first-order valence-electron chi connectivity index (χ1n) is 9.44. The lowest BCUT2D eigenvalue weighted by Crippen LogP contribution is -2.09. The van der Waals surface area contributed by atoms with Gasteiger partial charge in [0.2, 0.25) is 0 Å². The summed E-state index contributed by atoms with van der Waals surface area (Å²) in [7, 11) is 0. The second-order valence-corrected chi connectivity index (χ2v) is 7.48. The van der Waals surface area contributed by atoms with Crippen LogP contribution in [0.15, 0.2) is 53.7 Å². The maximum absolute atomic E-state index is 14.6. The molecule has 4 rings (SSSR count). The topological polar surface area (TPSA) is 49.2 Å². The summed E-state index contributed by atoms with van der Waals surface area (Å²) in [6.45, 7) is 3.36. The van der Waals surface area contributed by atoms with E-state index in [0.29, 0.717) is 23.3 Å². The molecule has 146 valence electrons. The van der Waals surface area contributed by atoms with E-state index in [-0.39, 0.29) is 11.9 Å². The molecule has 1 atom stereocenters. The molecule has 1 saturated heterocycles. The summed E-state index contributed by atoms with van der Waals surface area (Å²) in [5, 5.41) is 9.38. The van der Waals surface area contributed by atoms with Gasteiger partial charge in [0.05, 0.1) is 18.4 Å². The quantitative estimate of drug-likeness (QED) is 0.537. The molecule has 2 aromatic carbocycles. The van der Waals surface area contributed by atoms with Crippen LogP contribution in [0, 0.1) is 5.82 Å².